The van der Waals surface area contributed by atoms with Crippen LogP contribution < -0.4 is 5.32 Å². The molecule has 138 valence electrons. The lowest BCUT2D eigenvalue weighted by Gasteiger charge is -2.38. The normalized spacial score (nSPS) is 28.5. The van der Waals surface area contributed by atoms with Crippen molar-refractivity contribution < 1.29 is 28.6 Å². The van der Waals surface area contributed by atoms with Crippen molar-refractivity contribution in [2.75, 3.05) is 13.7 Å². The highest BCUT2D eigenvalue weighted by molar-refractivity contribution is 5.99. The lowest BCUT2D eigenvalue weighted by atomic mass is 9.81. The van der Waals surface area contributed by atoms with Gasteiger partial charge >= 0.3 is 12.1 Å². The van der Waals surface area contributed by atoms with Gasteiger partial charge in [-0.2, -0.15) is 0 Å². The Morgan fingerprint density at radius 2 is 1.92 bits per heavy atom. The standard InChI is InChI=1S/C19H21NO6/c1-3-25-18(23)26-15-13-9-10-14(11-13)19(15,17(22)24-2)20-16(21)12-7-5-4-6-8-12/h4-10,13-15H,3,11H2,1-2H3,(H,20,21)/t13-,14+,15+,19-/m0/s1. The van der Waals surface area contributed by atoms with Gasteiger partial charge in [0.2, 0.25) is 0 Å². The summed E-state index contributed by atoms with van der Waals surface area (Å²) in [6, 6.07) is 8.54. The molecule has 0 heterocycles. The Hall–Kier alpha value is -2.83. The van der Waals surface area contributed by atoms with Gasteiger partial charge in [0.1, 0.15) is 6.10 Å². The lowest BCUT2D eigenvalue weighted by molar-refractivity contribution is -0.155. The van der Waals surface area contributed by atoms with Crippen LogP contribution in [0.5, 0.6) is 0 Å². The average molecular weight is 359 g/mol. The van der Waals surface area contributed by atoms with Crippen LogP contribution in [0.25, 0.3) is 0 Å². The summed E-state index contributed by atoms with van der Waals surface area (Å²) >= 11 is 0. The molecule has 0 saturated heterocycles. The van der Waals surface area contributed by atoms with Crippen LogP contribution in [0.15, 0.2) is 42.5 Å². The van der Waals surface area contributed by atoms with Gasteiger partial charge in [-0.05, 0) is 25.5 Å². The molecule has 0 unspecified atom stereocenters. The molecule has 0 spiro atoms. The Morgan fingerprint density at radius 3 is 2.58 bits per heavy atom. The van der Waals surface area contributed by atoms with Crippen LogP contribution in [0.2, 0.25) is 0 Å². The summed E-state index contributed by atoms with van der Waals surface area (Å²) in [5, 5.41) is 2.79. The molecule has 1 aromatic carbocycles. The fourth-order valence-electron chi connectivity index (χ4n) is 3.77. The van der Waals surface area contributed by atoms with Crippen molar-refractivity contribution in [3.8, 4) is 0 Å². The van der Waals surface area contributed by atoms with Crippen molar-refractivity contribution in [1.29, 1.82) is 0 Å². The summed E-state index contributed by atoms with van der Waals surface area (Å²) in [7, 11) is 1.25. The summed E-state index contributed by atoms with van der Waals surface area (Å²) in [4.78, 5) is 37.4. The van der Waals surface area contributed by atoms with E-state index in [1.54, 1.807) is 37.3 Å². The molecule has 2 aliphatic rings. The molecule has 2 bridgehead atoms. The molecular weight excluding hydrogens is 338 g/mol. The molecule has 1 amide bonds. The molecular formula is C19H21NO6. The molecule has 2 aliphatic carbocycles. The van der Waals surface area contributed by atoms with Crippen LogP contribution in [-0.2, 0) is 19.0 Å². The Bertz CT molecular complexity index is 731. The van der Waals surface area contributed by atoms with Crippen LogP contribution in [0.4, 0.5) is 4.79 Å². The number of hydrogen-bond acceptors (Lipinski definition) is 6. The first kappa shape index (κ1) is 18.0. The van der Waals surface area contributed by atoms with Crippen LogP contribution in [0, 0.1) is 11.8 Å². The summed E-state index contributed by atoms with van der Waals surface area (Å²) < 4.78 is 15.3. The van der Waals surface area contributed by atoms with Gasteiger partial charge in [-0.15, -0.1) is 0 Å². The molecule has 0 aliphatic heterocycles. The molecule has 3 rings (SSSR count). The summed E-state index contributed by atoms with van der Waals surface area (Å²) in [5.74, 6) is -1.60. The largest absolute Gasteiger partial charge is 0.508 e. The first-order chi connectivity index (χ1) is 12.5. The van der Waals surface area contributed by atoms with Crippen molar-refractivity contribution in [3.63, 3.8) is 0 Å². The quantitative estimate of drug-likeness (QED) is 0.639. The minimum Gasteiger partial charge on any atom is -0.467 e. The minimum atomic E-state index is -1.48. The zero-order valence-corrected chi connectivity index (χ0v) is 14.6. The van der Waals surface area contributed by atoms with Crippen molar-refractivity contribution in [2.45, 2.75) is 25.0 Å². The Labute approximate surface area is 151 Å². The molecule has 4 atom stereocenters. The molecule has 26 heavy (non-hydrogen) atoms. The fraction of sp³-hybridized carbons (Fsp3) is 0.421. The second-order valence-electron chi connectivity index (χ2n) is 6.29. The number of benzene rings is 1. The number of esters is 1. The number of carbonyl (C=O) groups is 3. The Morgan fingerprint density at radius 1 is 1.19 bits per heavy atom. The molecule has 7 nitrogen and oxygen atoms in total. The summed E-state index contributed by atoms with van der Waals surface area (Å²) in [6.45, 7) is 1.81. The van der Waals surface area contributed by atoms with Gasteiger partial charge in [-0.1, -0.05) is 30.4 Å². The zero-order valence-electron chi connectivity index (χ0n) is 14.6. The van der Waals surface area contributed by atoms with Gasteiger partial charge in [-0.3, -0.25) is 4.79 Å². The predicted molar refractivity (Wildman–Crippen MR) is 91.3 cm³/mol. The zero-order chi connectivity index (χ0) is 18.7. The number of ether oxygens (including phenoxy) is 3. The number of fused-ring (bicyclic) bond motifs is 2. The molecule has 1 fully saturated rings. The van der Waals surface area contributed by atoms with Crippen molar-refractivity contribution in [3.05, 3.63) is 48.0 Å². The second kappa shape index (κ2) is 7.19. The lowest BCUT2D eigenvalue weighted by Crippen LogP contribution is -2.65. The molecule has 1 N–H and O–H groups in total. The minimum absolute atomic E-state index is 0.150. The second-order valence-corrected chi connectivity index (χ2v) is 6.29. The third-order valence-electron chi connectivity index (χ3n) is 4.90. The number of nitrogens with one attached hydrogen (secondary N) is 1. The van der Waals surface area contributed by atoms with Crippen LogP contribution in [0.1, 0.15) is 23.7 Å². The first-order valence-corrected chi connectivity index (χ1v) is 8.50. The third kappa shape index (κ3) is 2.94. The van der Waals surface area contributed by atoms with E-state index in [9.17, 15) is 14.4 Å². The molecule has 1 aromatic rings. The highest BCUT2D eigenvalue weighted by Gasteiger charge is 2.64. The van der Waals surface area contributed by atoms with Crippen molar-refractivity contribution in [1.82, 2.24) is 5.32 Å². The van der Waals surface area contributed by atoms with E-state index in [0.717, 1.165) is 0 Å². The maximum absolute atomic E-state index is 12.7. The fourth-order valence-corrected chi connectivity index (χ4v) is 3.77. The van der Waals surface area contributed by atoms with Gasteiger partial charge in [0.15, 0.2) is 5.54 Å². The van der Waals surface area contributed by atoms with Crippen LogP contribution >= 0.6 is 0 Å². The van der Waals surface area contributed by atoms with Gasteiger partial charge in [0, 0.05) is 17.4 Å². The number of methoxy groups -OCH3 is 1. The number of hydrogen-bond donors (Lipinski definition) is 1. The number of rotatable bonds is 5. The SMILES string of the molecule is CCOC(=O)O[C@@H]1[C@H]2C=C[C@H](C2)[C@@]1(NC(=O)c1ccccc1)C(=O)OC. The number of amides is 1. The van der Waals surface area contributed by atoms with E-state index in [-0.39, 0.29) is 18.4 Å². The Balaban J connectivity index is 1.94. The predicted octanol–water partition coefficient (Wildman–Crippen LogP) is 2.08. The van der Waals surface area contributed by atoms with E-state index in [2.05, 4.69) is 5.32 Å². The van der Waals surface area contributed by atoms with Gasteiger partial charge in [-0.25, -0.2) is 9.59 Å². The smallest absolute Gasteiger partial charge is 0.467 e. The van der Waals surface area contributed by atoms with Crippen LogP contribution in [0.3, 0.4) is 0 Å². The number of carbonyl (C=O) groups excluding carboxylic acids is 3. The molecule has 0 aromatic heterocycles. The monoisotopic (exact) mass is 359 g/mol. The maximum Gasteiger partial charge on any atom is 0.508 e. The van der Waals surface area contributed by atoms with Gasteiger partial charge in [0.25, 0.3) is 5.91 Å². The van der Waals surface area contributed by atoms with Gasteiger partial charge < -0.3 is 19.5 Å². The van der Waals surface area contributed by atoms with E-state index in [1.807, 2.05) is 12.2 Å². The summed E-state index contributed by atoms with van der Waals surface area (Å²) in [6.07, 6.45) is 2.56. The highest BCUT2D eigenvalue weighted by atomic mass is 16.7. The van der Waals surface area contributed by atoms with E-state index < -0.39 is 29.7 Å². The first-order valence-electron chi connectivity index (χ1n) is 8.50. The molecule has 0 radical (unpaired) electrons. The highest BCUT2D eigenvalue weighted by Crippen LogP contribution is 2.49. The van der Waals surface area contributed by atoms with E-state index in [0.29, 0.717) is 12.0 Å². The van der Waals surface area contributed by atoms with E-state index in [4.69, 9.17) is 14.2 Å². The topological polar surface area (TPSA) is 90.9 Å². The van der Waals surface area contributed by atoms with Crippen molar-refractivity contribution in [2.24, 2.45) is 11.8 Å². The average Bonchev–Trinajstić information content (AvgIpc) is 3.24. The maximum atomic E-state index is 12.7. The van der Waals surface area contributed by atoms with Gasteiger partial charge in [0.05, 0.1) is 13.7 Å². The van der Waals surface area contributed by atoms with Crippen molar-refractivity contribution >= 4 is 18.0 Å². The summed E-state index contributed by atoms with van der Waals surface area (Å²) in [5.41, 5.74) is -1.08. The Kier molecular flexibility index (Phi) is 4.97. The van der Waals surface area contributed by atoms with E-state index >= 15 is 0 Å². The van der Waals surface area contributed by atoms with E-state index in [1.165, 1.54) is 7.11 Å². The van der Waals surface area contributed by atoms with Crippen LogP contribution in [-0.4, -0.2) is 43.4 Å². The third-order valence-corrected chi connectivity index (χ3v) is 4.90. The molecule has 7 heteroatoms. The molecule has 1 saturated carbocycles.